The molecule has 25 heavy (non-hydrogen) atoms. The molecule has 3 heterocycles. The van der Waals surface area contributed by atoms with E-state index in [1.807, 2.05) is 19.9 Å². The lowest BCUT2D eigenvalue weighted by molar-refractivity contribution is 0.0723. The minimum Gasteiger partial charge on any atom is -0.329 e. The van der Waals surface area contributed by atoms with Crippen molar-refractivity contribution in [2.75, 3.05) is 6.54 Å². The van der Waals surface area contributed by atoms with E-state index in [0.717, 1.165) is 29.8 Å². The van der Waals surface area contributed by atoms with Gasteiger partial charge in [-0.3, -0.25) is 4.79 Å². The van der Waals surface area contributed by atoms with Crippen LogP contribution >= 0.6 is 0 Å². The predicted molar refractivity (Wildman–Crippen MR) is 89.7 cm³/mol. The van der Waals surface area contributed by atoms with Crippen LogP contribution in [0, 0.1) is 19.7 Å². The summed E-state index contributed by atoms with van der Waals surface area (Å²) in [4.78, 5) is 23.4. The lowest BCUT2D eigenvalue weighted by Gasteiger charge is -2.23. The average Bonchev–Trinajstić information content (AvgIpc) is 3.21. The number of halogens is 1. The zero-order chi connectivity index (χ0) is 17.6. The lowest BCUT2D eigenvalue weighted by Crippen LogP contribution is -2.31. The highest BCUT2D eigenvalue weighted by Gasteiger charge is 2.32. The van der Waals surface area contributed by atoms with Crippen LogP contribution in [-0.2, 0) is 0 Å². The zero-order valence-electron chi connectivity index (χ0n) is 14.1. The van der Waals surface area contributed by atoms with E-state index in [1.165, 1.54) is 12.1 Å². The summed E-state index contributed by atoms with van der Waals surface area (Å²) >= 11 is 0. The molecular weight excluding hydrogens is 321 g/mol. The van der Waals surface area contributed by atoms with E-state index in [9.17, 15) is 9.18 Å². The summed E-state index contributed by atoms with van der Waals surface area (Å²) in [6.45, 7) is 4.43. The van der Waals surface area contributed by atoms with Crippen molar-refractivity contribution in [1.82, 2.24) is 24.5 Å². The van der Waals surface area contributed by atoms with Gasteiger partial charge in [0.2, 0.25) is 5.82 Å². The van der Waals surface area contributed by atoms with Gasteiger partial charge >= 0.3 is 0 Å². The van der Waals surface area contributed by atoms with Gasteiger partial charge < -0.3 is 4.90 Å². The standard InChI is InChI=1S/C18H18FN5O/c1-11-10-12(2)24-18(20-11)21-16(22-24)17(25)23-9-3-4-15(23)13-5-7-14(19)8-6-13/h5-8,10,15H,3-4,9H2,1-2H3/t15-/m0/s1. The maximum Gasteiger partial charge on any atom is 0.294 e. The van der Waals surface area contributed by atoms with Gasteiger partial charge in [0.05, 0.1) is 6.04 Å². The largest absolute Gasteiger partial charge is 0.329 e. The second kappa shape index (κ2) is 5.91. The van der Waals surface area contributed by atoms with Gasteiger partial charge in [-0.2, -0.15) is 4.98 Å². The molecule has 0 bridgehead atoms. The normalized spacial score (nSPS) is 17.4. The molecule has 6 nitrogen and oxygen atoms in total. The Hall–Kier alpha value is -2.83. The van der Waals surface area contributed by atoms with Crippen molar-refractivity contribution >= 4 is 11.7 Å². The van der Waals surface area contributed by atoms with Crippen molar-refractivity contribution in [1.29, 1.82) is 0 Å². The first-order valence-electron chi connectivity index (χ1n) is 8.30. The molecule has 0 radical (unpaired) electrons. The molecular formula is C18H18FN5O. The monoisotopic (exact) mass is 339 g/mol. The molecule has 0 N–H and O–H groups in total. The van der Waals surface area contributed by atoms with Gasteiger partial charge in [0, 0.05) is 17.9 Å². The van der Waals surface area contributed by atoms with Crippen molar-refractivity contribution in [3.63, 3.8) is 0 Å². The van der Waals surface area contributed by atoms with Gasteiger partial charge in [-0.1, -0.05) is 12.1 Å². The highest BCUT2D eigenvalue weighted by molar-refractivity contribution is 5.91. The fourth-order valence-corrected chi connectivity index (χ4v) is 3.43. The number of carbonyl (C=O) groups excluding carboxylic acids is 1. The Kier molecular flexibility index (Phi) is 3.71. The van der Waals surface area contributed by atoms with Crippen LogP contribution < -0.4 is 0 Å². The molecule has 2 aromatic heterocycles. The summed E-state index contributed by atoms with van der Waals surface area (Å²) in [6.07, 6.45) is 1.75. The SMILES string of the molecule is Cc1cc(C)n2nc(C(=O)N3CCC[C@H]3c3ccc(F)cc3)nc2n1. The van der Waals surface area contributed by atoms with E-state index in [4.69, 9.17) is 0 Å². The van der Waals surface area contributed by atoms with Gasteiger partial charge in [-0.05, 0) is 50.5 Å². The van der Waals surface area contributed by atoms with Crippen molar-refractivity contribution < 1.29 is 9.18 Å². The summed E-state index contributed by atoms with van der Waals surface area (Å²) in [5.41, 5.74) is 2.65. The fourth-order valence-electron chi connectivity index (χ4n) is 3.43. The molecule has 1 fully saturated rings. The molecule has 4 rings (SSSR count). The molecule has 0 spiro atoms. The summed E-state index contributed by atoms with van der Waals surface area (Å²) < 4.78 is 14.8. The first-order valence-corrected chi connectivity index (χ1v) is 8.30. The van der Waals surface area contributed by atoms with Crippen LogP contribution in [0.3, 0.4) is 0 Å². The summed E-state index contributed by atoms with van der Waals surface area (Å²) in [7, 11) is 0. The fraction of sp³-hybridized carbons (Fsp3) is 0.333. The van der Waals surface area contributed by atoms with E-state index >= 15 is 0 Å². The van der Waals surface area contributed by atoms with Crippen LogP contribution in [0.15, 0.2) is 30.3 Å². The second-order valence-electron chi connectivity index (χ2n) is 6.39. The van der Waals surface area contributed by atoms with Crippen molar-refractivity contribution in [3.8, 4) is 0 Å². The number of hydrogen-bond donors (Lipinski definition) is 0. The molecule has 0 unspecified atom stereocenters. The average molecular weight is 339 g/mol. The first-order chi connectivity index (χ1) is 12.0. The third-order valence-electron chi connectivity index (χ3n) is 4.58. The van der Waals surface area contributed by atoms with Gasteiger partial charge in [0.1, 0.15) is 5.82 Å². The third-order valence-corrected chi connectivity index (χ3v) is 4.58. The van der Waals surface area contributed by atoms with Crippen LogP contribution in [-0.4, -0.2) is 36.9 Å². The van der Waals surface area contributed by atoms with Crippen molar-refractivity contribution in [2.24, 2.45) is 0 Å². The second-order valence-corrected chi connectivity index (χ2v) is 6.39. The Morgan fingerprint density at radius 2 is 1.96 bits per heavy atom. The van der Waals surface area contributed by atoms with Crippen LogP contribution in [0.5, 0.6) is 0 Å². The van der Waals surface area contributed by atoms with Gasteiger partial charge in [0.25, 0.3) is 11.7 Å². The van der Waals surface area contributed by atoms with Gasteiger partial charge in [-0.15, -0.1) is 5.10 Å². The zero-order valence-corrected chi connectivity index (χ0v) is 14.1. The predicted octanol–water partition coefficient (Wildman–Crippen LogP) is 2.86. The topological polar surface area (TPSA) is 63.4 Å². The number of carbonyl (C=O) groups is 1. The first kappa shape index (κ1) is 15.7. The molecule has 1 aliphatic heterocycles. The van der Waals surface area contributed by atoms with E-state index in [0.29, 0.717) is 12.3 Å². The molecule has 1 atom stereocenters. The molecule has 0 aliphatic carbocycles. The van der Waals surface area contributed by atoms with E-state index in [1.54, 1.807) is 21.5 Å². The van der Waals surface area contributed by atoms with Crippen molar-refractivity contribution in [3.05, 3.63) is 58.9 Å². The molecule has 1 amide bonds. The van der Waals surface area contributed by atoms with E-state index in [-0.39, 0.29) is 23.6 Å². The maximum atomic E-state index is 13.2. The number of rotatable bonds is 2. The Bertz CT molecular complexity index is 950. The Morgan fingerprint density at radius 3 is 2.72 bits per heavy atom. The van der Waals surface area contributed by atoms with Crippen LogP contribution in [0.1, 0.15) is 46.5 Å². The number of fused-ring (bicyclic) bond motifs is 1. The number of benzene rings is 1. The number of amides is 1. The van der Waals surface area contributed by atoms with E-state index < -0.39 is 0 Å². The van der Waals surface area contributed by atoms with Crippen LogP contribution in [0.25, 0.3) is 5.78 Å². The van der Waals surface area contributed by atoms with E-state index in [2.05, 4.69) is 15.1 Å². The highest BCUT2D eigenvalue weighted by Crippen LogP contribution is 2.32. The Balaban J connectivity index is 1.67. The molecule has 1 aromatic carbocycles. The lowest BCUT2D eigenvalue weighted by atomic mass is 10.0. The van der Waals surface area contributed by atoms with Gasteiger partial charge in [0.15, 0.2) is 0 Å². The molecule has 1 saturated heterocycles. The minimum absolute atomic E-state index is 0.0736. The summed E-state index contributed by atoms with van der Waals surface area (Å²) in [6, 6.07) is 8.14. The maximum absolute atomic E-state index is 13.2. The quantitative estimate of drug-likeness (QED) is 0.720. The Labute approximate surface area is 144 Å². The molecule has 128 valence electrons. The van der Waals surface area contributed by atoms with Gasteiger partial charge in [-0.25, -0.2) is 13.9 Å². The minimum atomic E-state index is -0.279. The summed E-state index contributed by atoms with van der Waals surface area (Å²) in [5.74, 6) is 0.0847. The third kappa shape index (κ3) is 2.75. The number of aromatic nitrogens is 4. The smallest absolute Gasteiger partial charge is 0.294 e. The number of hydrogen-bond acceptors (Lipinski definition) is 4. The Morgan fingerprint density at radius 1 is 1.20 bits per heavy atom. The number of likely N-dealkylation sites (tertiary alicyclic amines) is 1. The molecule has 1 aliphatic rings. The summed E-state index contributed by atoms with van der Waals surface area (Å²) in [5, 5.41) is 4.33. The van der Waals surface area contributed by atoms with Crippen LogP contribution in [0.2, 0.25) is 0 Å². The molecule has 7 heteroatoms. The van der Waals surface area contributed by atoms with Crippen LogP contribution in [0.4, 0.5) is 4.39 Å². The molecule has 3 aromatic rings. The number of nitrogens with zero attached hydrogens (tertiary/aromatic N) is 5. The molecule has 0 saturated carbocycles. The highest BCUT2D eigenvalue weighted by atomic mass is 19.1. The number of aryl methyl sites for hydroxylation is 2. The van der Waals surface area contributed by atoms with Crippen molar-refractivity contribution in [2.45, 2.75) is 32.7 Å².